The van der Waals surface area contributed by atoms with Crippen LogP contribution in [0.15, 0.2) is 88.5 Å². The van der Waals surface area contributed by atoms with Gasteiger partial charge in [-0.1, -0.05) is 69.0 Å². The first kappa shape index (κ1) is 29.8. The lowest BCUT2D eigenvalue weighted by molar-refractivity contribution is -0.146. The zero-order valence-electron chi connectivity index (χ0n) is 27.9. The maximum absolute atomic E-state index is 14.1. The predicted octanol–water partition coefficient (Wildman–Crippen LogP) is 7.04. The Morgan fingerprint density at radius 2 is 1.94 bits per heavy atom. The molecule has 3 aromatic carbocycles. The molecule has 4 aliphatic rings. The summed E-state index contributed by atoms with van der Waals surface area (Å²) in [6.45, 7) is 7.69. The number of benzene rings is 3. The molecule has 0 saturated heterocycles. The lowest BCUT2D eigenvalue weighted by atomic mass is 9.72. The number of esters is 1. The molecule has 1 spiro atoms. The lowest BCUT2D eigenvalue weighted by Gasteiger charge is -2.28. The molecule has 51 heavy (non-hydrogen) atoms. The van der Waals surface area contributed by atoms with E-state index in [0.717, 1.165) is 50.0 Å². The van der Waals surface area contributed by atoms with Crippen LogP contribution in [0.5, 0.6) is 5.75 Å². The van der Waals surface area contributed by atoms with E-state index >= 15 is 0 Å². The fourth-order valence-electron chi connectivity index (χ4n) is 8.38. The summed E-state index contributed by atoms with van der Waals surface area (Å²) in [7, 11) is 0. The second-order valence-electron chi connectivity index (χ2n) is 14.0. The van der Waals surface area contributed by atoms with Crippen LogP contribution in [0.25, 0.3) is 44.9 Å². The third-order valence-electron chi connectivity index (χ3n) is 10.7. The van der Waals surface area contributed by atoms with Crippen LogP contribution in [0.4, 0.5) is 5.69 Å². The minimum atomic E-state index is -1.02. The Labute approximate surface area is 292 Å². The van der Waals surface area contributed by atoms with Crippen molar-refractivity contribution >= 4 is 28.5 Å². The van der Waals surface area contributed by atoms with Gasteiger partial charge >= 0.3 is 5.97 Å². The average molecular weight is 680 g/mol. The Morgan fingerprint density at radius 1 is 1.08 bits per heavy atom. The van der Waals surface area contributed by atoms with E-state index in [-0.39, 0.29) is 30.7 Å². The van der Waals surface area contributed by atoms with Gasteiger partial charge in [-0.25, -0.2) is 9.97 Å². The summed E-state index contributed by atoms with van der Waals surface area (Å²) in [5.74, 6) is 0.738. The molecule has 254 valence electrons. The van der Waals surface area contributed by atoms with Crippen molar-refractivity contribution < 1.29 is 27.9 Å². The Balaban J connectivity index is 1.28. The van der Waals surface area contributed by atoms with Crippen LogP contribution < -0.4 is 15.4 Å². The molecule has 1 amide bonds. The molecule has 11 heteroatoms. The first-order chi connectivity index (χ1) is 24.8. The molecule has 6 aromatic rings. The van der Waals surface area contributed by atoms with Gasteiger partial charge in [0.1, 0.15) is 23.8 Å². The standard InChI is InChI=1S/C40H33N5O6/c1-4-13-48-30(46)16-21-14-20-11-12-28-26(15-20)40-25-9-5-8-23(33(25)45-39(40)50-28)22-7-6-10-27-31(22)24(17-41-27)29-18-42-37(49-29)34-35(40)51-38(44-34)32(19(2)3)43-36(21)47/h4-12,15,17-19,21,32,39,41,45H,1,13-14,16H2,2-3H3,(H,43,47)/t21?,32-,39?,40-/m0/s1. The number of ether oxygens (including phenoxy) is 2. The fraction of sp³-hybridized carbons (Fsp3) is 0.250. The van der Waals surface area contributed by atoms with Crippen molar-refractivity contribution in [2.45, 2.75) is 44.4 Å². The van der Waals surface area contributed by atoms with E-state index in [0.29, 0.717) is 35.3 Å². The summed E-state index contributed by atoms with van der Waals surface area (Å²) >= 11 is 0. The van der Waals surface area contributed by atoms with Crippen LogP contribution in [0, 0.1) is 11.8 Å². The molecule has 10 rings (SSSR count). The number of anilines is 1. The van der Waals surface area contributed by atoms with Gasteiger partial charge in [0.25, 0.3) is 0 Å². The van der Waals surface area contributed by atoms with Crippen molar-refractivity contribution in [1.82, 2.24) is 20.3 Å². The average Bonchev–Trinajstić information content (AvgIpc) is 3.95. The molecule has 4 atom stereocenters. The van der Waals surface area contributed by atoms with Crippen LogP contribution >= 0.6 is 0 Å². The van der Waals surface area contributed by atoms with Gasteiger partial charge in [-0.3, -0.25) is 9.59 Å². The summed E-state index contributed by atoms with van der Waals surface area (Å²) in [5, 5.41) is 7.97. The number of aromatic amines is 1. The number of fused-ring (bicyclic) bond motifs is 7. The first-order valence-corrected chi connectivity index (χ1v) is 17.2. The Morgan fingerprint density at radius 3 is 2.80 bits per heavy atom. The van der Waals surface area contributed by atoms with Gasteiger partial charge in [-0.05, 0) is 35.6 Å². The van der Waals surface area contributed by atoms with Gasteiger partial charge in [-0.15, -0.1) is 0 Å². The number of para-hydroxylation sites is 1. The maximum Gasteiger partial charge on any atom is 0.306 e. The van der Waals surface area contributed by atoms with Gasteiger partial charge in [0, 0.05) is 45.0 Å². The molecule has 4 aliphatic heterocycles. The molecule has 10 bridgehead atoms. The van der Waals surface area contributed by atoms with Gasteiger partial charge in [0.2, 0.25) is 17.7 Å². The van der Waals surface area contributed by atoms with Gasteiger partial charge < -0.3 is 33.9 Å². The fourth-order valence-corrected chi connectivity index (χ4v) is 8.38. The summed E-state index contributed by atoms with van der Waals surface area (Å²) in [6.07, 6.45) is 4.76. The van der Waals surface area contributed by atoms with E-state index in [4.69, 9.17) is 28.3 Å². The van der Waals surface area contributed by atoms with E-state index in [9.17, 15) is 9.59 Å². The molecular formula is C40H33N5O6. The quantitative estimate of drug-likeness (QED) is 0.129. The van der Waals surface area contributed by atoms with Crippen LogP contribution in [-0.2, 0) is 26.2 Å². The minimum Gasteiger partial charge on any atom is -0.469 e. The van der Waals surface area contributed by atoms with E-state index in [2.05, 4.69) is 58.6 Å². The molecule has 3 aromatic heterocycles. The van der Waals surface area contributed by atoms with Gasteiger partial charge in [-0.2, -0.15) is 0 Å². The highest BCUT2D eigenvalue weighted by Gasteiger charge is 2.61. The SMILES string of the molecule is C=CCOC(=O)CC1Cc2ccc3c(c2)[C@]24c5cccc(c5NC2O3)-c2cccc3[nH]cc(c23)-c2cnc(o2)-c2nc(oc24)[C@H](C(C)C)NC1=O. The molecule has 0 saturated carbocycles. The van der Waals surface area contributed by atoms with Gasteiger partial charge in [0.15, 0.2) is 23.4 Å². The Hall–Kier alpha value is -6.10. The van der Waals surface area contributed by atoms with E-state index < -0.39 is 29.6 Å². The van der Waals surface area contributed by atoms with Gasteiger partial charge in [0.05, 0.1) is 18.5 Å². The number of hydrogen-bond donors (Lipinski definition) is 3. The van der Waals surface area contributed by atoms with E-state index in [1.165, 1.54) is 6.08 Å². The number of nitrogens with zero attached hydrogens (tertiary/aromatic N) is 2. The lowest BCUT2D eigenvalue weighted by Crippen LogP contribution is -2.40. The number of nitrogens with one attached hydrogen (secondary N) is 3. The molecule has 7 heterocycles. The Kier molecular flexibility index (Phi) is 6.25. The van der Waals surface area contributed by atoms with Crippen molar-refractivity contribution in [3.8, 4) is 39.8 Å². The van der Waals surface area contributed by atoms with E-state index in [1.807, 2.05) is 38.2 Å². The monoisotopic (exact) mass is 679 g/mol. The normalized spacial score (nSPS) is 21.9. The highest BCUT2D eigenvalue weighted by atomic mass is 16.5. The van der Waals surface area contributed by atoms with Crippen LogP contribution in [0.1, 0.15) is 54.7 Å². The number of H-pyrrole nitrogens is 1. The maximum atomic E-state index is 14.1. The molecule has 11 nitrogen and oxygen atoms in total. The number of hydrogen-bond acceptors (Lipinski definition) is 9. The van der Waals surface area contributed by atoms with Crippen LogP contribution in [0.2, 0.25) is 0 Å². The van der Waals surface area contributed by atoms with Crippen molar-refractivity contribution in [2.75, 3.05) is 11.9 Å². The second-order valence-corrected chi connectivity index (χ2v) is 14.0. The second kappa shape index (κ2) is 10.7. The summed E-state index contributed by atoms with van der Waals surface area (Å²) in [4.78, 5) is 40.3. The van der Waals surface area contributed by atoms with Crippen molar-refractivity contribution in [3.63, 3.8) is 0 Å². The highest BCUT2D eigenvalue weighted by molar-refractivity contribution is 6.07. The third-order valence-corrected chi connectivity index (χ3v) is 10.7. The molecule has 2 unspecified atom stereocenters. The van der Waals surface area contributed by atoms with Crippen molar-refractivity contribution in [2.24, 2.45) is 11.8 Å². The topological polar surface area (TPSA) is 145 Å². The molecule has 0 aliphatic carbocycles. The number of carbonyl (C=O) groups excluding carboxylic acids is 2. The molecule has 3 N–H and O–H groups in total. The Bertz CT molecular complexity index is 2450. The number of carbonyl (C=O) groups is 2. The van der Waals surface area contributed by atoms with Crippen LogP contribution in [-0.4, -0.2) is 39.7 Å². The smallest absolute Gasteiger partial charge is 0.306 e. The molecular weight excluding hydrogens is 646 g/mol. The van der Waals surface area contributed by atoms with Crippen molar-refractivity contribution in [1.29, 1.82) is 0 Å². The zero-order valence-corrected chi connectivity index (χ0v) is 27.9. The first-order valence-electron chi connectivity index (χ1n) is 17.2. The summed E-state index contributed by atoms with van der Waals surface area (Å²) in [6, 6.07) is 17.8. The van der Waals surface area contributed by atoms with Crippen molar-refractivity contribution in [3.05, 3.63) is 108 Å². The highest BCUT2D eigenvalue weighted by Crippen LogP contribution is 2.61. The zero-order chi connectivity index (χ0) is 34.6. The number of amides is 1. The van der Waals surface area contributed by atoms with Crippen LogP contribution in [0.3, 0.4) is 0 Å². The third kappa shape index (κ3) is 4.11. The predicted molar refractivity (Wildman–Crippen MR) is 188 cm³/mol. The molecule has 0 radical (unpaired) electrons. The minimum absolute atomic E-state index is 0.0697. The number of rotatable bonds is 5. The summed E-state index contributed by atoms with van der Waals surface area (Å²) < 4.78 is 25.7. The number of oxazole rings is 2. The number of aromatic nitrogens is 3. The summed E-state index contributed by atoms with van der Waals surface area (Å²) in [5.41, 5.74) is 6.87. The van der Waals surface area contributed by atoms with E-state index in [1.54, 1.807) is 6.20 Å². The molecule has 0 fully saturated rings. The largest absolute Gasteiger partial charge is 0.469 e.